The van der Waals surface area contributed by atoms with E-state index in [1.54, 1.807) is 0 Å². The number of anilines is 1. The largest absolute Gasteiger partial charge is 0.383 e. The number of hydrogen-bond acceptors (Lipinski definition) is 3. The van der Waals surface area contributed by atoms with Crippen LogP contribution in [0.5, 0.6) is 0 Å². The lowest BCUT2D eigenvalue weighted by Crippen LogP contribution is -2.41. The van der Waals surface area contributed by atoms with E-state index in [0.29, 0.717) is 12.1 Å². The molecule has 1 aromatic carbocycles. The first-order valence-electron chi connectivity index (χ1n) is 6.65. The van der Waals surface area contributed by atoms with Crippen LogP contribution >= 0.6 is 11.8 Å². The van der Waals surface area contributed by atoms with Gasteiger partial charge in [-0.2, -0.15) is 11.8 Å². The second kappa shape index (κ2) is 8.44. The Kier molecular flexibility index (Phi) is 7.21. The molecular formula is C15H26N2S. The summed E-state index contributed by atoms with van der Waals surface area (Å²) in [6.07, 6.45) is 3.43. The summed E-state index contributed by atoms with van der Waals surface area (Å²) in [6.45, 7) is 5.59. The van der Waals surface area contributed by atoms with Crippen LogP contribution in [-0.4, -0.2) is 42.6 Å². The zero-order valence-electron chi connectivity index (χ0n) is 12.0. The highest BCUT2D eigenvalue weighted by atomic mass is 32.2. The molecule has 0 aliphatic heterocycles. The third-order valence-corrected chi connectivity index (χ3v) is 4.15. The van der Waals surface area contributed by atoms with Crippen molar-refractivity contribution in [2.24, 2.45) is 0 Å². The van der Waals surface area contributed by atoms with Crippen molar-refractivity contribution in [1.29, 1.82) is 0 Å². The summed E-state index contributed by atoms with van der Waals surface area (Å²) in [5.41, 5.74) is 1.20. The SMILES string of the molecule is CSCCC(C)N(C)C(C)CNc1ccccc1. The summed E-state index contributed by atoms with van der Waals surface area (Å²) >= 11 is 1.93. The Morgan fingerprint density at radius 2 is 1.83 bits per heavy atom. The molecule has 0 aromatic heterocycles. The van der Waals surface area contributed by atoms with Gasteiger partial charge in [0.2, 0.25) is 0 Å². The first kappa shape index (κ1) is 15.4. The Balaban J connectivity index is 2.33. The van der Waals surface area contributed by atoms with Crippen molar-refractivity contribution < 1.29 is 0 Å². The fraction of sp³-hybridized carbons (Fsp3) is 0.600. The number of benzene rings is 1. The van der Waals surface area contributed by atoms with Gasteiger partial charge in [-0.3, -0.25) is 4.90 Å². The monoisotopic (exact) mass is 266 g/mol. The van der Waals surface area contributed by atoms with Gasteiger partial charge in [-0.25, -0.2) is 0 Å². The fourth-order valence-corrected chi connectivity index (χ4v) is 2.47. The fourth-order valence-electron chi connectivity index (χ4n) is 1.89. The quantitative estimate of drug-likeness (QED) is 0.774. The molecule has 2 nitrogen and oxygen atoms in total. The zero-order chi connectivity index (χ0) is 13.4. The molecule has 18 heavy (non-hydrogen) atoms. The number of likely N-dealkylation sites (N-methyl/N-ethyl adjacent to an activating group) is 1. The van der Waals surface area contributed by atoms with Crippen molar-refractivity contribution >= 4 is 17.4 Å². The molecule has 2 unspecified atom stereocenters. The Morgan fingerprint density at radius 3 is 2.44 bits per heavy atom. The summed E-state index contributed by atoms with van der Waals surface area (Å²) in [7, 11) is 2.22. The molecule has 0 fully saturated rings. The van der Waals surface area contributed by atoms with Crippen molar-refractivity contribution in [2.45, 2.75) is 32.4 Å². The van der Waals surface area contributed by atoms with Crippen LogP contribution < -0.4 is 5.32 Å². The molecule has 0 spiro atoms. The van der Waals surface area contributed by atoms with Gasteiger partial charge in [0.15, 0.2) is 0 Å². The first-order valence-corrected chi connectivity index (χ1v) is 8.04. The molecule has 0 saturated heterocycles. The van der Waals surface area contributed by atoms with Crippen molar-refractivity contribution in [1.82, 2.24) is 4.90 Å². The molecule has 0 radical (unpaired) electrons. The topological polar surface area (TPSA) is 15.3 Å². The maximum Gasteiger partial charge on any atom is 0.0340 e. The highest BCUT2D eigenvalue weighted by Gasteiger charge is 2.14. The Labute approximate surface area is 116 Å². The Bertz CT molecular complexity index is 316. The van der Waals surface area contributed by atoms with Crippen LogP contribution in [0, 0.1) is 0 Å². The van der Waals surface area contributed by atoms with Gasteiger partial charge in [0.25, 0.3) is 0 Å². The van der Waals surface area contributed by atoms with Gasteiger partial charge < -0.3 is 5.32 Å². The number of nitrogens with zero attached hydrogens (tertiary/aromatic N) is 1. The smallest absolute Gasteiger partial charge is 0.0340 e. The normalized spacial score (nSPS) is 14.5. The molecule has 1 rings (SSSR count). The molecule has 1 aromatic rings. The minimum absolute atomic E-state index is 0.544. The van der Waals surface area contributed by atoms with Crippen molar-refractivity contribution in [3.8, 4) is 0 Å². The van der Waals surface area contributed by atoms with E-state index in [-0.39, 0.29) is 0 Å². The number of rotatable bonds is 8. The highest BCUT2D eigenvalue weighted by molar-refractivity contribution is 7.98. The van der Waals surface area contributed by atoms with Crippen LogP contribution in [0.1, 0.15) is 20.3 Å². The zero-order valence-corrected chi connectivity index (χ0v) is 12.8. The summed E-state index contributed by atoms with van der Waals surface area (Å²) in [5, 5.41) is 3.49. The van der Waals surface area contributed by atoms with Crippen molar-refractivity contribution in [2.75, 3.05) is 30.9 Å². The standard InChI is InChI=1S/C15H26N2S/c1-13(10-11-18-4)17(3)14(2)12-16-15-8-6-5-7-9-15/h5-9,13-14,16H,10-12H2,1-4H3. The third kappa shape index (κ3) is 5.32. The molecule has 0 aliphatic rings. The molecule has 0 heterocycles. The van der Waals surface area contributed by atoms with E-state index in [2.05, 4.69) is 61.6 Å². The van der Waals surface area contributed by atoms with Gasteiger partial charge >= 0.3 is 0 Å². The third-order valence-electron chi connectivity index (χ3n) is 3.51. The highest BCUT2D eigenvalue weighted by Crippen LogP contribution is 2.11. The molecule has 0 aliphatic carbocycles. The molecule has 2 atom stereocenters. The maximum atomic E-state index is 3.49. The number of hydrogen-bond donors (Lipinski definition) is 1. The van der Waals surface area contributed by atoms with Gasteiger partial charge in [0.05, 0.1) is 0 Å². The van der Waals surface area contributed by atoms with E-state index in [1.807, 2.05) is 17.8 Å². The minimum Gasteiger partial charge on any atom is -0.383 e. The minimum atomic E-state index is 0.544. The van der Waals surface area contributed by atoms with Crippen LogP contribution in [0.25, 0.3) is 0 Å². The van der Waals surface area contributed by atoms with Crippen molar-refractivity contribution in [3.63, 3.8) is 0 Å². The van der Waals surface area contributed by atoms with Crippen LogP contribution in [0.3, 0.4) is 0 Å². The average molecular weight is 266 g/mol. The van der Waals surface area contributed by atoms with Gasteiger partial charge in [-0.15, -0.1) is 0 Å². The second-order valence-electron chi connectivity index (χ2n) is 4.89. The average Bonchev–Trinajstić information content (AvgIpc) is 2.42. The lowest BCUT2D eigenvalue weighted by atomic mass is 10.2. The van der Waals surface area contributed by atoms with Crippen LogP contribution in [0.4, 0.5) is 5.69 Å². The van der Waals surface area contributed by atoms with Gasteiger partial charge in [0.1, 0.15) is 0 Å². The predicted octanol–water partition coefficient (Wildman–Crippen LogP) is 3.56. The van der Waals surface area contributed by atoms with Gasteiger partial charge in [0, 0.05) is 24.3 Å². The molecule has 0 saturated carbocycles. The molecule has 1 N–H and O–H groups in total. The number of thioether (sulfide) groups is 1. The number of para-hydroxylation sites is 1. The number of nitrogens with one attached hydrogen (secondary N) is 1. The lowest BCUT2D eigenvalue weighted by Gasteiger charge is -2.31. The molecule has 0 bridgehead atoms. The van der Waals surface area contributed by atoms with E-state index < -0.39 is 0 Å². The lowest BCUT2D eigenvalue weighted by molar-refractivity contribution is 0.200. The Morgan fingerprint density at radius 1 is 1.17 bits per heavy atom. The van der Waals surface area contributed by atoms with Crippen molar-refractivity contribution in [3.05, 3.63) is 30.3 Å². The van der Waals surface area contributed by atoms with Crippen LogP contribution in [0.2, 0.25) is 0 Å². The molecule has 3 heteroatoms. The van der Waals surface area contributed by atoms with E-state index in [0.717, 1.165) is 6.54 Å². The molecule has 102 valence electrons. The summed E-state index contributed by atoms with van der Waals surface area (Å²) in [5.74, 6) is 1.24. The molecule has 0 amide bonds. The predicted molar refractivity (Wildman–Crippen MR) is 84.6 cm³/mol. The van der Waals surface area contributed by atoms with E-state index >= 15 is 0 Å². The first-order chi connectivity index (χ1) is 8.65. The van der Waals surface area contributed by atoms with Gasteiger partial charge in [-0.05, 0) is 51.5 Å². The second-order valence-corrected chi connectivity index (χ2v) is 5.88. The van der Waals surface area contributed by atoms with Crippen LogP contribution in [0.15, 0.2) is 30.3 Å². The summed E-state index contributed by atoms with van der Waals surface area (Å²) in [6, 6.07) is 11.6. The van der Waals surface area contributed by atoms with Crippen LogP contribution in [-0.2, 0) is 0 Å². The van der Waals surface area contributed by atoms with E-state index in [4.69, 9.17) is 0 Å². The van der Waals surface area contributed by atoms with E-state index in [9.17, 15) is 0 Å². The van der Waals surface area contributed by atoms with E-state index in [1.165, 1.54) is 17.9 Å². The summed E-state index contributed by atoms with van der Waals surface area (Å²) < 4.78 is 0. The van der Waals surface area contributed by atoms with Gasteiger partial charge in [-0.1, -0.05) is 18.2 Å². The maximum absolute atomic E-state index is 3.49. The summed E-state index contributed by atoms with van der Waals surface area (Å²) in [4.78, 5) is 2.46. The Hall–Kier alpha value is -0.670. The molecular weight excluding hydrogens is 240 g/mol.